The quantitative estimate of drug-likeness (QED) is 0.890. The van der Waals surface area contributed by atoms with Crippen molar-refractivity contribution in [3.8, 4) is 0 Å². The largest absolute Gasteiger partial charge is 0.351 e. The monoisotopic (exact) mass is 282 g/mol. The van der Waals surface area contributed by atoms with Gasteiger partial charge in [-0.25, -0.2) is 8.78 Å². The van der Waals surface area contributed by atoms with Crippen molar-refractivity contribution in [1.29, 1.82) is 0 Å². The normalized spacial score (nSPS) is 22.6. The Hall–Kier alpha value is -1.49. The van der Waals surface area contributed by atoms with Crippen molar-refractivity contribution in [1.82, 2.24) is 10.6 Å². The van der Waals surface area contributed by atoms with Crippen molar-refractivity contribution in [2.75, 3.05) is 13.1 Å². The van der Waals surface area contributed by atoms with Gasteiger partial charge in [-0.1, -0.05) is 13.0 Å². The van der Waals surface area contributed by atoms with E-state index in [0.717, 1.165) is 31.9 Å². The first kappa shape index (κ1) is 14.9. The van der Waals surface area contributed by atoms with Crippen LogP contribution in [0.4, 0.5) is 8.78 Å². The van der Waals surface area contributed by atoms with Crippen LogP contribution in [0.15, 0.2) is 18.2 Å². The topological polar surface area (TPSA) is 41.1 Å². The van der Waals surface area contributed by atoms with E-state index in [1.807, 2.05) is 6.92 Å². The van der Waals surface area contributed by atoms with Gasteiger partial charge in [0, 0.05) is 24.7 Å². The Morgan fingerprint density at radius 3 is 2.85 bits per heavy atom. The van der Waals surface area contributed by atoms with Gasteiger partial charge in [0.25, 0.3) is 0 Å². The van der Waals surface area contributed by atoms with Gasteiger partial charge in [0.15, 0.2) is 0 Å². The first-order valence-corrected chi connectivity index (χ1v) is 7.00. The summed E-state index contributed by atoms with van der Waals surface area (Å²) in [7, 11) is 0. The van der Waals surface area contributed by atoms with E-state index in [1.54, 1.807) is 0 Å². The summed E-state index contributed by atoms with van der Waals surface area (Å²) in [6.07, 6.45) is 2.55. The SMILES string of the molecule is CCC1(C(=O)NCc2ccc(F)cc2F)CCCNC1. The molecule has 2 N–H and O–H groups in total. The Balaban J connectivity index is 2.00. The Morgan fingerprint density at radius 2 is 2.25 bits per heavy atom. The molecule has 1 saturated heterocycles. The van der Waals surface area contributed by atoms with Gasteiger partial charge < -0.3 is 10.6 Å². The summed E-state index contributed by atoms with van der Waals surface area (Å²) < 4.78 is 26.3. The second-order valence-corrected chi connectivity index (χ2v) is 5.33. The molecule has 1 fully saturated rings. The van der Waals surface area contributed by atoms with Crippen molar-refractivity contribution in [2.24, 2.45) is 5.41 Å². The molecule has 0 radical (unpaired) electrons. The molecule has 110 valence electrons. The number of hydrogen-bond donors (Lipinski definition) is 2. The van der Waals surface area contributed by atoms with Crippen LogP contribution in [0, 0.1) is 17.0 Å². The summed E-state index contributed by atoms with van der Waals surface area (Å²) in [5.74, 6) is -1.30. The number of hydrogen-bond acceptors (Lipinski definition) is 2. The zero-order valence-electron chi connectivity index (χ0n) is 11.6. The molecule has 1 aromatic carbocycles. The highest BCUT2D eigenvalue weighted by Gasteiger charge is 2.37. The highest BCUT2D eigenvalue weighted by atomic mass is 19.1. The van der Waals surface area contributed by atoms with Crippen LogP contribution in [-0.4, -0.2) is 19.0 Å². The third-order valence-electron chi connectivity index (χ3n) is 4.09. The summed E-state index contributed by atoms with van der Waals surface area (Å²) in [4.78, 5) is 12.4. The summed E-state index contributed by atoms with van der Waals surface area (Å²) in [6.45, 7) is 3.67. The summed E-state index contributed by atoms with van der Waals surface area (Å²) in [5.41, 5.74) is -0.107. The van der Waals surface area contributed by atoms with Gasteiger partial charge in [0.05, 0.1) is 5.41 Å². The minimum atomic E-state index is -0.627. The van der Waals surface area contributed by atoms with Crippen LogP contribution in [-0.2, 0) is 11.3 Å². The summed E-state index contributed by atoms with van der Waals surface area (Å²) in [6, 6.07) is 3.39. The lowest BCUT2D eigenvalue weighted by Crippen LogP contribution is -2.50. The minimum Gasteiger partial charge on any atom is -0.351 e. The van der Waals surface area contributed by atoms with E-state index in [9.17, 15) is 13.6 Å². The molecular formula is C15H20F2N2O. The molecule has 1 heterocycles. The number of carbonyl (C=O) groups excluding carboxylic acids is 1. The van der Waals surface area contributed by atoms with E-state index in [1.165, 1.54) is 12.1 Å². The average molecular weight is 282 g/mol. The number of halogens is 2. The molecule has 1 unspecified atom stereocenters. The van der Waals surface area contributed by atoms with Crippen LogP contribution in [0.25, 0.3) is 0 Å². The molecule has 1 aliphatic heterocycles. The van der Waals surface area contributed by atoms with E-state index in [0.29, 0.717) is 12.1 Å². The smallest absolute Gasteiger partial charge is 0.227 e. The molecule has 0 spiro atoms. The second kappa shape index (κ2) is 6.31. The molecule has 5 heteroatoms. The first-order valence-electron chi connectivity index (χ1n) is 7.00. The van der Waals surface area contributed by atoms with Crippen molar-refractivity contribution in [3.63, 3.8) is 0 Å². The van der Waals surface area contributed by atoms with Crippen LogP contribution in [0.1, 0.15) is 31.7 Å². The van der Waals surface area contributed by atoms with Crippen LogP contribution in [0.3, 0.4) is 0 Å². The van der Waals surface area contributed by atoms with Gasteiger partial charge in [-0.05, 0) is 31.9 Å². The van der Waals surface area contributed by atoms with Gasteiger partial charge in [0.2, 0.25) is 5.91 Å². The Kier molecular flexibility index (Phi) is 4.70. The predicted octanol–water partition coefficient (Wildman–Crippen LogP) is 2.36. The highest BCUT2D eigenvalue weighted by molar-refractivity contribution is 5.83. The minimum absolute atomic E-state index is 0.0593. The fourth-order valence-electron chi connectivity index (χ4n) is 2.65. The van der Waals surface area contributed by atoms with Crippen molar-refractivity contribution < 1.29 is 13.6 Å². The maximum Gasteiger partial charge on any atom is 0.227 e. The third-order valence-corrected chi connectivity index (χ3v) is 4.09. The lowest BCUT2D eigenvalue weighted by molar-refractivity contribution is -0.132. The standard InChI is InChI=1S/C15H20F2N2O/c1-2-15(6-3-7-18-10-15)14(20)19-9-11-4-5-12(16)8-13(11)17/h4-5,8,18H,2-3,6-7,9-10H2,1H3,(H,19,20). The van der Waals surface area contributed by atoms with Crippen LogP contribution in [0.2, 0.25) is 0 Å². The molecule has 2 rings (SSSR count). The number of carbonyl (C=O) groups is 1. The van der Waals surface area contributed by atoms with E-state index in [2.05, 4.69) is 10.6 Å². The van der Waals surface area contributed by atoms with E-state index in [4.69, 9.17) is 0 Å². The van der Waals surface area contributed by atoms with Gasteiger partial charge in [-0.2, -0.15) is 0 Å². The van der Waals surface area contributed by atoms with Gasteiger partial charge >= 0.3 is 0 Å². The van der Waals surface area contributed by atoms with Crippen LogP contribution in [0.5, 0.6) is 0 Å². The molecule has 0 bridgehead atoms. The Bertz CT molecular complexity index is 485. The molecule has 0 aromatic heterocycles. The summed E-state index contributed by atoms with van der Waals surface area (Å²) in [5, 5.41) is 6.02. The Labute approximate surface area is 117 Å². The molecule has 1 amide bonds. The van der Waals surface area contributed by atoms with Crippen molar-refractivity contribution in [3.05, 3.63) is 35.4 Å². The molecular weight excluding hydrogens is 262 g/mol. The fourth-order valence-corrected chi connectivity index (χ4v) is 2.65. The number of amides is 1. The number of rotatable bonds is 4. The third kappa shape index (κ3) is 3.15. The lowest BCUT2D eigenvalue weighted by Gasteiger charge is -2.35. The van der Waals surface area contributed by atoms with Gasteiger partial charge in [-0.3, -0.25) is 4.79 Å². The highest BCUT2D eigenvalue weighted by Crippen LogP contribution is 2.30. The fraction of sp³-hybridized carbons (Fsp3) is 0.533. The van der Waals surface area contributed by atoms with Gasteiger partial charge in [-0.15, -0.1) is 0 Å². The second-order valence-electron chi connectivity index (χ2n) is 5.33. The predicted molar refractivity (Wildman–Crippen MR) is 73.0 cm³/mol. The molecule has 20 heavy (non-hydrogen) atoms. The van der Waals surface area contributed by atoms with Crippen molar-refractivity contribution >= 4 is 5.91 Å². The molecule has 1 atom stereocenters. The lowest BCUT2D eigenvalue weighted by atomic mass is 9.77. The summed E-state index contributed by atoms with van der Waals surface area (Å²) >= 11 is 0. The number of benzene rings is 1. The average Bonchev–Trinajstić information content (AvgIpc) is 2.46. The van der Waals surface area contributed by atoms with Crippen molar-refractivity contribution in [2.45, 2.75) is 32.7 Å². The number of nitrogens with one attached hydrogen (secondary N) is 2. The molecule has 3 nitrogen and oxygen atoms in total. The number of piperidine rings is 1. The van der Waals surface area contributed by atoms with E-state index >= 15 is 0 Å². The van der Waals surface area contributed by atoms with Gasteiger partial charge in [0.1, 0.15) is 11.6 Å². The first-order chi connectivity index (χ1) is 9.57. The zero-order valence-corrected chi connectivity index (χ0v) is 11.6. The molecule has 0 saturated carbocycles. The Morgan fingerprint density at radius 1 is 1.45 bits per heavy atom. The van der Waals surface area contributed by atoms with Crippen LogP contribution >= 0.6 is 0 Å². The maximum absolute atomic E-state index is 13.5. The van der Waals surface area contributed by atoms with E-state index < -0.39 is 17.0 Å². The maximum atomic E-state index is 13.5. The molecule has 1 aliphatic rings. The molecule has 1 aromatic rings. The zero-order chi connectivity index (χ0) is 14.6. The van der Waals surface area contributed by atoms with E-state index in [-0.39, 0.29) is 12.5 Å². The molecule has 0 aliphatic carbocycles. The van der Waals surface area contributed by atoms with Crippen LogP contribution < -0.4 is 10.6 Å².